The first kappa shape index (κ1) is 13.6. The van der Waals surface area contributed by atoms with E-state index >= 15 is 0 Å². The standard InChI is InChI=1S/C14H19BrN2O/c1-10-6-7-11(15)8-13(10)17-14(18)9-16-12-4-2-3-5-12/h6-8,12,16H,2-5,9H2,1H3,(H,17,18). The average Bonchev–Trinajstić information content (AvgIpc) is 2.84. The van der Waals surface area contributed by atoms with Crippen molar-refractivity contribution in [3.05, 3.63) is 28.2 Å². The highest BCUT2D eigenvalue weighted by molar-refractivity contribution is 9.10. The minimum Gasteiger partial charge on any atom is -0.325 e. The molecule has 1 fully saturated rings. The first-order valence-corrected chi connectivity index (χ1v) is 7.24. The van der Waals surface area contributed by atoms with Gasteiger partial charge in [-0.2, -0.15) is 0 Å². The largest absolute Gasteiger partial charge is 0.325 e. The van der Waals surface area contributed by atoms with Gasteiger partial charge in [-0.05, 0) is 37.5 Å². The molecule has 2 N–H and O–H groups in total. The zero-order chi connectivity index (χ0) is 13.0. The molecule has 1 saturated carbocycles. The van der Waals surface area contributed by atoms with Crippen molar-refractivity contribution in [3.63, 3.8) is 0 Å². The number of halogens is 1. The molecule has 0 bridgehead atoms. The summed E-state index contributed by atoms with van der Waals surface area (Å²) < 4.78 is 0.979. The van der Waals surface area contributed by atoms with Gasteiger partial charge in [0, 0.05) is 16.2 Å². The second-order valence-corrected chi connectivity index (χ2v) is 5.79. The zero-order valence-corrected chi connectivity index (χ0v) is 12.2. The Balaban J connectivity index is 1.84. The molecule has 0 radical (unpaired) electrons. The summed E-state index contributed by atoms with van der Waals surface area (Å²) in [5.41, 5.74) is 1.95. The van der Waals surface area contributed by atoms with Crippen molar-refractivity contribution in [1.82, 2.24) is 5.32 Å². The summed E-state index contributed by atoms with van der Waals surface area (Å²) >= 11 is 3.41. The van der Waals surface area contributed by atoms with Crippen LogP contribution in [0.25, 0.3) is 0 Å². The van der Waals surface area contributed by atoms with Crippen LogP contribution in [0.1, 0.15) is 31.2 Å². The Labute approximate surface area is 116 Å². The number of anilines is 1. The smallest absolute Gasteiger partial charge is 0.238 e. The molecule has 0 spiro atoms. The number of carbonyl (C=O) groups is 1. The van der Waals surface area contributed by atoms with Crippen LogP contribution < -0.4 is 10.6 Å². The van der Waals surface area contributed by atoms with Gasteiger partial charge in [0.1, 0.15) is 0 Å². The van der Waals surface area contributed by atoms with E-state index in [0.717, 1.165) is 15.7 Å². The van der Waals surface area contributed by atoms with E-state index in [1.54, 1.807) is 0 Å². The molecule has 0 aliphatic heterocycles. The molecule has 18 heavy (non-hydrogen) atoms. The quantitative estimate of drug-likeness (QED) is 0.896. The fraction of sp³-hybridized carbons (Fsp3) is 0.500. The molecule has 1 aromatic carbocycles. The molecule has 0 unspecified atom stereocenters. The van der Waals surface area contributed by atoms with Crippen LogP contribution in [0.5, 0.6) is 0 Å². The third-order valence-corrected chi connectivity index (χ3v) is 3.87. The summed E-state index contributed by atoms with van der Waals surface area (Å²) in [6.45, 7) is 2.39. The van der Waals surface area contributed by atoms with Crippen molar-refractivity contribution in [2.75, 3.05) is 11.9 Å². The highest BCUT2D eigenvalue weighted by Crippen LogP contribution is 2.20. The van der Waals surface area contributed by atoms with Crippen LogP contribution in [0.15, 0.2) is 22.7 Å². The topological polar surface area (TPSA) is 41.1 Å². The lowest BCUT2D eigenvalue weighted by Gasteiger charge is -2.13. The molecular formula is C14H19BrN2O. The van der Waals surface area contributed by atoms with E-state index in [9.17, 15) is 4.79 Å². The van der Waals surface area contributed by atoms with Gasteiger partial charge in [0.25, 0.3) is 0 Å². The van der Waals surface area contributed by atoms with Gasteiger partial charge in [-0.25, -0.2) is 0 Å². The predicted molar refractivity (Wildman–Crippen MR) is 77.8 cm³/mol. The van der Waals surface area contributed by atoms with Gasteiger partial charge in [0.05, 0.1) is 6.54 Å². The molecule has 0 atom stereocenters. The number of hydrogen-bond acceptors (Lipinski definition) is 2. The molecule has 4 heteroatoms. The number of aryl methyl sites for hydroxylation is 1. The number of amides is 1. The van der Waals surface area contributed by atoms with Gasteiger partial charge in [-0.3, -0.25) is 4.79 Å². The lowest BCUT2D eigenvalue weighted by molar-refractivity contribution is -0.115. The normalized spacial score (nSPS) is 15.9. The van der Waals surface area contributed by atoms with E-state index in [2.05, 4.69) is 26.6 Å². The van der Waals surface area contributed by atoms with Gasteiger partial charge < -0.3 is 10.6 Å². The summed E-state index contributed by atoms with van der Waals surface area (Å²) in [6, 6.07) is 6.42. The van der Waals surface area contributed by atoms with Crippen molar-refractivity contribution in [3.8, 4) is 0 Å². The van der Waals surface area contributed by atoms with E-state index in [4.69, 9.17) is 0 Å². The Morgan fingerprint density at radius 1 is 1.39 bits per heavy atom. The minimum absolute atomic E-state index is 0.0306. The van der Waals surface area contributed by atoms with Crippen LogP contribution in [0, 0.1) is 6.92 Å². The SMILES string of the molecule is Cc1ccc(Br)cc1NC(=O)CNC1CCCC1. The summed E-state index contributed by atoms with van der Waals surface area (Å²) in [4.78, 5) is 11.8. The Morgan fingerprint density at radius 2 is 2.11 bits per heavy atom. The molecule has 1 aliphatic carbocycles. The fourth-order valence-electron chi connectivity index (χ4n) is 2.29. The third-order valence-electron chi connectivity index (χ3n) is 3.38. The number of hydrogen-bond donors (Lipinski definition) is 2. The van der Waals surface area contributed by atoms with E-state index in [1.807, 2.05) is 25.1 Å². The molecule has 1 amide bonds. The maximum absolute atomic E-state index is 11.8. The van der Waals surface area contributed by atoms with Crippen LogP contribution in [-0.2, 0) is 4.79 Å². The van der Waals surface area contributed by atoms with Crippen LogP contribution in [0.2, 0.25) is 0 Å². The number of benzene rings is 1. The summed E-state index contributed by atoms with van der Waals surface area (Å²) in [5, 5.41) is 6.26. The Hall–Kier alpha value is -0.870. The molecule has 98 valence electrons. The molecule has 0 saturated heterocycles. The van der Waals surface area contributed by atoms with Crippen molar-refractivity contribution in [1.29, 1.82) is 0 Å². The van der Waals surface area contributed by atoms with E-state index in [1.165, 1.54) is 25.7 Å². The maximum atomic E-state index is 11.8. The Bertz CT molecular complexity index is 428. The lowest BCUT2D eigenvalue weighted by Crippen LogP contribution is -2.34. The summed E-state index contributed by atoms with van der Waals surface area (Å²) in [6.07, 6.45) is 4.96. The second-order valence-electron chi connectivity index (χ2n) is 4.87. The van der Waals surface area contributed by atoms with Crippen molar-refractivity contribution >= 4 is 27.5 Å². The first-order valence-electron chi connectivity index (χ1n) is 6.44. The minimum atomic E-state index is 0.0306. The fourth-order valence-corrected chi connectivity index (χ4v) is 2.65. The van der Waals surface area contributed by atoms with Gasteiger partial charge >= 0.3 is 0 Å². The van der Waals surface area contributed by atoms with E-state index < -0.39 is 0 Å². The Kier molecular flexibility index (Phi) is 4.78. The lowest BCUT2D eigenvalue weighted by atomic mass is 10.2. The molecule has 1 aromatic rings. The average molecular weight is 311 g/mol. The van der Waals surface area contributed by atoms with Crippen LogP contribution in [-0.4, -0.2) is 18.5 Å². The monoisotopic (exact) mass is 310 g/mol. The van der Waals surface area contributed by atoms with Crippen LogP contribution in [0.3, 0.4) is 0 Å². The third kappa shape index (κ3) is 3.82. The zero-order valence-electron chi connectivity index (χ0n) is 10.6. The summed E-state index contributed by atoms with van der Waals surface area (Å²) in [5.74, 6) is 0.0306. The van der Waals surface area contributed by atoms with Crippen molar-refractivity contribution < 1.29 is 4.79 Å². The molecule has 0 aromatic heterocycles. The van der Waals surface area contributed by atoms with Gasteiger partial charge in [-0.15, -0.1) is 0 Å². The highest BCUT2D eigenvalue weighted by atomic mass is 79.9. The number of nitrogens with one attached hydrogen (secondary N) is 2. The van der Waals surface area contributed by atoms with Crippen molar-refractivity contribution in [2.45, 2.75) is 38.6 Å². The van der Waals surface area contributed by atoms with Gasteiger partial charge in [0.15, 0.2) is 0 Å². The van der Waals surface area contributed by atoms with Gasteiger partial charge in [0.2, 0.25) is 5.91 Å². The Morgan fingerprint density at radius 3 is 2.83 bits per heavy atom. The first-order chi connectivity index (χ1) is 8.65. The molecule has 3 nitrogen and oxygen atoms in total. The van der Waals surface area contributed by atoms with E-state index in [-0.39, 0.29) is 5.91 Å². The number of rotatable bonds is 4. The highest BCUT2D eigenvalue weighted by Gasteiger charge is 2.15. The predicted octanol–water partition coefficient (Wildman–Crippen LogP) is 3.23. The maximum Gasteiger partial charge on any atom is 0.238 e. The molecular weight excluding hydrogens is 292 g/mol. The molecule has 1 aliphatic rings. The van der Waals surface area contributed by atoms with Crippen LogP contribution in [0.4, 0.5) is 5.69 Å². The number of carbonyl (C=O) groups excluding carboxylic acids is 1. The van der Waals surface area contributed by atoms with Gasteiger partial charge in [-0.1, -0.05) is 34.8 Å². The van der Waals surface area contributed by atoms with Crippen LogP contribution >= 0.6 is 15.9 Å². The molecule has 0 heterocycles. The second kappa shape index (κ2) is 6.34. The van der Waals surface area contributed by atoms with E-state index in [0.29, 0.717) is 12.6 Å². The molecule has 2 rings (SSSR count). The van der Waals surface area contributed by atoms with Crippen molar-refractivity contribution in [2.24, 2.45) is 0 Å². The summed E-state index contributed by atoms with van der Waals surface area (Å²) in [7, 11) is 0.